The molecule has 0 radical (unpaired) electrons. The van der Waals surface area contributed by atoms with Gasteiger partial charge in [-0.3, -0.25) is 39.2 Å². The van der Waals surface area contributed by atoms with Crippen LogP contribution in [0.15, 0.2) is 89.9 Å². The molecule has 0 saturated carbocycles. The van der Waals surface area contributed by atoms with Crippen molar-refractivity contribution < 1.29 is 33.5 Å². The Balaban J connectivity index is 0.921. The smallest absolute Gasteiger partial charge is 0.326 e. The SMILES string of the molecule is CCOc1cc(C(C)(C)C)ccc1C1=NC(c2ccc(Cl)cc2)C(c2ccc(Cl)cc2)N1C(=O)N1CCN(C(=O)CNC(=O)CCC#Cc2cccc3c2CN(C2CCC(=O)NC2=O)C3=O)CC1. The maximum Gasteiger partial charge on any atom is 0.326 e. The zero-order chi connectivity index (χ0) is 48.3. The molecule has 8 rings (SSSR count). The van der Waals surface area contributed by atoms with Crippen molar-refractivity contribution in [1.82, 2.24) is 30.2 Å². The lowest BCUT2D eigenvalue weighted by atomic mass is 9.86. The van der Waals surface area contributed by atoms with E-state index in [1.807, 2.05) is 61.5 Å². The van der Waals surface area contributed by atoms with Crippen molar-refractivity contribution in [2.24, 2.45) is 4.99 Å². The van der Waals surface area contributed by atoms with Gasteiger partial charge in [0, 0.05) is 73.2 Å². The van der Waals surface area contributed by atoms with Crippen molar-refractivity contribution in [3.63, 3.8) is 0 Å². The van der Waals surface area contributed by atoms with Crippen LogP contribution in [0.25, 0.3) is 0 Å². The lowest BCUT2D eigenvalue weighted by Crippen LogP contribution is -2.56. The molecule has 4 aromatic carbocycles. The number of aliphatic imine (C=N–C) groups is 1. The Hall–Kier alpha value is -6.69. The van der Waals surface area contributed by atoms with Gasteiger partial charge in [-0.05, 0) is 89.5 Å². The van der Waals surface area contributed by atoms with Gasteiger partial charge in [0.05, 0.1) is 24.8 Å². The molecule has 352 valence electrons. The summed E-state index contributed by atoms with van der Waals surface area (Å²) in [4.78, 5) is 90.7. The number of hydrogen-bond acceptors (Lipinski definition) is 8. The van der Waals surface area contributed by atoms with Crippen LogP contribution < -0.4 is 15.4 Å². The molecule has 3 atom stereocenters. The molecule has 2 N–H and O–H groups in total. The lowest BCUT2D eigenvalue weighted by molar-refractivity contribution is -0.137. The van der Waals surface area contributed by atoms with Gasteiger partial charge in [0.1, 0.15) is 23.7 Å². The summed E-state index contributed by atoms with van der Waals surface area (Å²) in [5, 5.41) is 6.16. The third kappa shape index (κ3) is 10.2. The van der Waals surface area contributed by atoms with E-state index in [0.29, 0.717) is 50.5 Å². The molecule has 4 aliphatic heterocycles. The summed E-state index contributed by atoms with van der Waals surface area (Å²) < 4.78 is 6.26. The van der Waals surface area contributed by atoms with E-state index >= 15 is 4.79 Å². The molecule has 16 heteroatoms. The normalized spacial score (nSPS) is 19.2. The van der Waals surface area contributed by atoms with Crippen molar-refractivity contribution >= 4 is 64.6 Å². The minimum atomic E-state index is -0.732. The summed E-state index contributed by atoms with van der Waals surface area (Å²) in [7, 11) is 0. The summed E-state index contributed by atoms with van der Waals surface area (Å²) in [6, 6.07) is 24.1. The van der Waals surface area contributed by atoms with E-state index in [1.54, 1.807) is 45.0 Å². The Morgan fingerprint density at radius 2 is 1.54 bits per heavy atom. The van der Waals surface area contributed by atoms with E-state index in [4.69, 9.17) is 32.9 Å². The van der Waals surface area contributed by atoms with Crippen LogP contribution in [-0.2, 0) is 31.1 Å². The van der Waals surface area contributed by atoms with Crippen molar-refractivity contribution in [3.05, 3.63) is 134 Å². The first kappa shape index (κ1) is 47.8. The number of ether oxygens (including phenoxy) is 1. The monoisotopic (exact) mass is 957 g/mol. The van der Waals surface area contributed by atoms with E-state index < -0.39 is 24.0 Å². The number of carbonyl (C=O) groups is 6. The number of rotatable bonds is 10. The van der Waals surface area contributed by atoms with Crippen molar-refractivity contribution in [2.75, 3.05) is 39.3 Å². The number of carbonyl (C=O) groups excluding carboxylic acids is 6. The van der Waals surface area contributed by atoms with Gasteiger partial charge in [-0.25, -0.2) is 4.79 Å². The molecule has 2 fully saturated rings. The highest BCUT2D eigenvalue weighted by molar-refractivity contribution is 6.30. The van der Waals surface area contributed by atoms with Gasteiger partial charge in [-0.15, -0.1) is 0 Å². The summed E-state index contributed by atoms with van der Waals surface area (Å²) in [5.74, 6) is 5.42. The van der Waals surface area contributed by atoms with Gasteiger partial charge in [-0.2, -0.15) is 0 Å². The quantitative estimate of drug-likeness (QED) is 0.126. The molecule has 7 amide bonds. The number of imide groups is 1. The fourth-order valence-electron chi connectivity index (χ4n) is 9.01. The molecular formula is C52H53Cl2N7O7. The summed E-state index contributed by atoms with van der Waals surface area (Å²) in [5.41, 5.74) is 5.07. The van der Waals surface area contributed by atoms with Gasteiger partial charge in [0.2, 0.25) is 23.6 Å². The van der Waals surface area contributed by atoms with Gasteiger partial charge < -0.3 is 24.8 Å². The fourth-order valence-corrected chi connectivity index (χ4v) is 9.27. The standard InChI is InChI=1S/C52H53Cl2N7O7/c1-5-68-42-29-35(52(2,3)4)17-22-39(42)48-57-46(33-13-18-36(53)19-14-33)47(34-15-20-37(54)21-16-34)61(48)51(67)59-27-25-58(26-28-59)45(64)30-55-43(62)12-7-6-9-32-10-8-11-38-40(32)31-60(50(38)66)41-23-24-44(63)56-49(41)65/h8,10-11,13-22,29,41,46-47H,5,7,12,23-28,30-31H2,1-4H3,(H,55,62)(H,56,63,65). The number of urea groups is 1. The number of amides is 7. The molecule has 0 aliphatic carbocycles. The second-order valence-electron chi connectivity index (χ2n) is 18.2. The number of piperazine rings is 1. The van der Waals surface area contributed by atoms with Gasteiger partial charge >= 0.3 is 6.03 Å². The first-order valence-corrected chi connectivity index (χ1v) is 23.6. The Morgan fingerprint density at radius 1 is 0.868 bits per heavy atom. The highest BCUT2D eigenvalue weighted by atomic mass is 35.5. The van der Waals surface area contributed by atoms with Crippen LogP contribution >= 0.6 is 23.2 Å². The molecule has 4 aromatic rings. The first-order chi connectivity index (χ1) is 32.6. The number of hydrogen-bond donors (Lipinski definition) is 2. The third-order valence-corrected chi connectivity index (χ3v) is 13.2. The second-order valence-corrected chi connectivity index (χ2v) is 19.0. The number of benzene rings is 4. The van der Waals surface area contributed by atoms with Crippen LogP contribution in [-0.4, -0.2) is 106 Å². The van der Waals surface area contributed by atoms with E-state index in [9.17, 15) is 24.0 Å². The minimum Gasteiger partial charge on any atom is -0.493 e. The third-order valence-electron chi connectivity index (χ3n) is 12.7. The van der Waals surface area contributed by atoms with Crippen LogP contribution in [0.4, 0.5) is 4.79 Å². The van der Waals surface area contributed by atoms with E-state index in [2.05, 4.69) is 43.2 Å². The lowest BCUT2D eigenvalue weighted by Gasteiger charge is -2.39. The van der Waals surface area contributed by atoms with Crippen LogP contribution in [0.1, 0.15) is 109 Å². The molecule has 68 heavy (non-hydrogen) atoms. The van der Waals surface area contributed by atoms with E-state index in [0.717, 1.165) is 16.7 Å². The number of halogens is 2. The number of nitrogens with one attached hydrogen (secondary N) is 2. The molecule has 3 unspecified atom stereocenters. The molecule has 0 spiro atoms. The molecule has 4 heterocycles. The Labute approximate surface area is 406 Å². The molecule has 0 aromatic heterocycles. The van der Waals surface area contributed by atoms with Crippen LogP contribution in [0, 0.1) is 11.8 Å². The van der Waals surface area contributed by atoms with Crippen LogP contribution in [0.3, 0.4) is 0 Å². The average Bonchev–Trinajstić information content (AvgIpc) is 3.88. The Bertz CT molecular complexity index is 2730. The summed E-state index contributed by atoms with van der Waals surface area (Å²) in [6.45, 7) is 9.73. The average molecular weight is 959 g/mol. The fraction of sp³-hybridized carbons (Fsp3) is 0.365. The van der Waals surface area contributed by atoms with Crippen molar-refractivity contribution in [2.45, 2.75) is 83.5 Å². The minimum absolute atomic E-state index is 0.0500. The maximum absolute atomic E-state index is 15.1. The van der Waals surface area contributed by atoms with E-state index in [1.165, 1.54) is 4.90 Å². The number of amidine groups is 1. The number of fused-ring (bicyclic) bond motifs is 1. The van der Waals surface area contributed by atoms with E-state index in [-0.39, 0.29) is 100 Å². The zero-order valence-corrected chi connectivity index (χ0v) is 40.0. The van der Waals surface area contributed by atoms with Crippen molar-refractivity contribution in [3.8, 4) is 17.6 Å². The van der Waals surface area contributed by atoms with Crippen molar-refractivity contribution in [1.29, 1.82) is 0 Å². The Kier molecular flexibility index (Phi) is 14.2. The highest BCUT2D eigenvalue weighted by Crippen LogP contribution is 2.46. The second kappa shape index (κ2) is 20.3. The number of nitrogens with zero attached hydrogens (tertiary/aromatic N) is 5. The topological polar surface area (TPSA) is 161 Å². The predicted molar refractivity (Wildman–Crippen MR) is 258 cm³/mol. The van der Waals surface area contributed by atoms with Gasteiger partial charge in [0.25, 0.3) is 5.91 Å². The molecule has 4 aliphatic rings. The molecular weight excluding hydrogens is 906 g/mol. The first-order valence-electron chi connectivity index (χ1n) is 22.9. The summed E-state index contributed by atoms with van der Waals surface area (Å²) >= 11 is 12.7. The van der Waals surface area contributed by atoms with Crippen LogP contribution in [0.2, 0.25) is 10.0 Å². The summed E-state index contributed by atoms with van der Waals surface area (Å²) in [6.07, 6.45) is 0.682. The highest BCUT2D eigenvalue weighted by Gasteiger charge is 2.45. The van der Waals surface area contributed by atoms with Crippen LogP contribution in [0.5, 0.6) is 5.75 Å². The molecule has 2 saturated heterocycles. The molecule has 0 bridgehead atoms. The predicted octanol–water partition coefficient (Wildman–Crippen LogP) is 7.21. The zero-order valence-electron chi connectivity index (χ0n) is 38.4. The van der Waals surface area contributed by atoms with Gasteiger partial charge in [-0.1, -0.05) is 92.2 Å². The van der Waals surface area contributed by atoms with Gasteiger partial charge in [0.15, 0.2) is 0 Å². The maximum atomic E-state index is 15.1. The number of piperidine rings is 1. The Morgan fingerprint density at radius 3 is 2.21 bits per heavy atom. The largest absolute Gasteiger partial charge is 0.493 e. The molecule has 14 nitrogen and oxygen atoms in total.